The van der Waals surface area contributed by atoms with Crippen molar-refractivity contribution in [3.63, 3.8) is 0 Å². The normalized spacial score (nSPS) is 16.9. The molecule has 0 saturated carbocycles. The zero-order chi connectivity index (χ0) is 24.9. The second kappa shape index (κ2) is 11.4. The summed E-state index contributed by atoms with van der Waals surface area (Å²) in [4.78, 5) is 40.6. The zero-order valence-electron chi connectivity index (χ0n) is 19.1. The van der Waals surface area contributed by atoms with Crippen LogP contribution in [-0.2, 0) is 16.2 Å². The maximum absolute atomic E-state index is 12.8. The molecule has 2 saturated heterocycles. The molecule has 0 aromatic heterocycles. The Kier molecular flexibility index (Phi) is 8.26. The van der Waals surface area contributed by atoms with Crippen molar-refractivity contribution in [2.75, 3.05) is 26.2 Å². The van der Waals surface area contributed by atoms with Gasteiger partial charge in [0, 0.05) is 28.7 Å². The first-order valence-corrected chi connectivity index (χ1v) is 12.8. The van der Waals surface area contributed by atoms with Crippen LogP contribution in [0.3, 0.4) is 0 Å². The largest absolute Gasteiger partial charge is 0.490 e. The van der Waals surface area contributed by atoms with E-state index in [1.807, 2.05) is 6.92 Å². The van der Waals surface area contributed by atoms with E-state index in [4.69, 9.17) is 32.7 Å². The first-order valence-electron chi connectivity index (χ1n) is 11.2. The summed E-state index contributed by atoms with van der Waals surface area (Å²) >= 11 is 13.3. The van der Waals surface area contributed by atoms with Crippen LogP contribution in [0.15, 0.2) is 41.3 Å². The molecule has 2 aromatic carbocycles. The van der Waals surface area contributed by atoms with Crippen LogP contribution in [0.1, 0.15) is 30.9 Å². The van der Waals surface area contributed by atoms with Crippen molar-refractivity contribution < 1.29 is 23.9 Å². The van der Waals surface area contributed by atoms with Crippen LogP contribution in [0.4, 0.5) is 4.79 Å². The highest BCUT2D eigenvalue weighted by Crippen LogP contribution is 2.35. The molecule has 35 heavy (non-hydrogen) atoms. The summed E-state index contributed by atoms with van der Waals surface area (Å²) < 4.78 is 11.6. The zero-order valence-corrected chi connectivity index (χ0v) is 21.4. The minimum atomic E-state index is -0.473. The lowest BCUT2D eigenvalue weighted by molar-refractivity contribution is -0.135. The van der Waals surface area contributed by atoms with E-state index in [0.29, 0.717) is 52.4 Å². The van der Waals surface area contributed by atoms with Gasteiger partial charge in [-0.25, -0.2) is 0 Å². The van der Waals surface area contributed by atoms with E-state index in [1.54, 1.807) is 47.4 Å². The second-order valence-electron chi connectivity index (χ2n) is 7.98. The molecular formula is C25H24Cl2N2O5S. The fourth-order valence-corrected chi connectivity index (χ4v) is 5.16. The Morgan fingerprint density at radius 3 is 2.46 bits per heavy atom. The predicted octanol–water partition coefficient (Wildman–Crippen LogP) is 5.63. The fourth-order valence-electron chi connectivity index (χ4n) is 3.81. The summed E-state index contributed by atoms with van der Waals surface area (Å²) in [5, 5.41) is 0.562. The molecule has 4 rings (SSSR count). The number of amides is 3. The highest BCUT2D eigenvalue weighted by molar-refractivity contribution is 8.18. The maximum Gasteiger partial charge on any atom is 0.294 e. The molecule has 0 aliphatic carbocycles. The Labute approximate surface area is 217 Å². The Morgan fingerprint density at radius 2 is 1.77 bits per heavy atom. The average molecular weight is 535 g/mol. The summed E-state index contributed by atoms with van der Waals surface area (Å²) in [6.45, 7) is 3.52. The number of carbonyl (C=O) groups is 3. The molecule has 2 fully saturated rings. The SMILES string of the molecule is CCOc1cc(/C=C2\SC(=O)N(CC(=O)N3CCCC3)C2=O)ccc1OCc1c(Cl)cccc1Cl. The van der Waals surface area contributed by atoms with E-state index in [1.165, 1.54) is 0 Å². The van der Waals surface area contributed by atoms with Gasteiger partial charge in [0.15, 0.2) is 11.5 Å². The molecule has 0 N–H and O–H groups in total. The van der Waals surface area contributed by atoms with E-state index in [2.05, 4.69) is 0 Å². The molecule has 3 amide bonds. The number of thioether (sulfide) groups is 1. The van der Waals surface area contributed by atoms with E-state index >= 15 is 0 Å². The van der Waals surface area contributed by atoms with Crippen LogP contribution in [0, 0.1) is 0 Å². The molecule has 0 atom stereocenters. The van der Waals surface area contributed by atoms with E-state index in [-0.39, 0.29) is 24.0 Å². The number of ether oxygens (including phenoxy) is 2. The average Bonchev–Trinajstić information content (AvgIpc) is 3.45. The van der Waals surface area contributed by atoms with Crippen molar-refractivity contribution in [2.24, 2.45) is 0 Å². The van der Waals surface area contributed by atoms with Crippen molar-refractivity contribution in [3.8, 4) is 11.5 Å². The Hall–Kier alpha value is -2.68. The van der Waals surface area contributed by atoms with Gasteiger partial charge in [0.2, 0.25) is 5.91 Å². The van der Waals surface area contributed by atoms with E-state index in [0.717, 1.165) is 29.5 Å². The molecule has 2 aliphatic rings. The molecule has 2 heterocycles. The third kappa shape index (κ3) is 5.94. The molecule has 7 nitrogen and oxygen atoms in total. The lowest BCUT2D eigenvalue weighted by Gasteiger charge is -2.18. The lowest BCUT2D eigenvalue weighted by Crippen LogP contribution is -2.40. The van der Waals surface area contributed by atoms with Gasteiger partial charge < -0.3 is 14.4 Å². The summed E-state index contributed by atoms with van der Waals surface area (Å²) in [5.41, 5.74) is 1.33. The van der Waals surface area contributed by atoms with Gasteiger partial charge in [0.1, 0.15) is 13.2 Å². The highest BCUT2D eigenvalue weighted by atomic mass is 35.5. The summed E-state index contributed by atoms with van der Waals surface area (Å²) in [6, 6.07) is 10.5. The number of rotatable bonds is 8. The van der Waals surface area contributed by atoms with Gasteiger partial charge in [-0.1, -0.05) is 35.3 Å². The number of nitrogens with zero attached hydrogens (tertiary/aromatic N) is 2. The monoisotopic (exact) mass is 534 g/mol. The summed E-state index contributed by atoms with van der Waals surface area (Å²) in [5.74, 6) is 0.293. The van der Waals surface area contributed by atoms with Crippen LogP contribution in [0.2, 0.25) is 10.0 Å². The summed E-state index contributed by atoms with van der Waals surface area (Å²) in [6.07, 6.45) is 3.50. The van der Waals surface area contributed by atoms with Crippen molar-refractivity contribution in [1.82, 2.24) is 9.80 Å². The van der Waals surface area contributed by atoms with Gasteiger partial charge in [0.25, 0.3) is 11.1 Å². The number of benzene rings is 2. The van der Waals surface area contributed by atoms with Crippen LogP contribution in [0.25, 0.3) is 6.08 Å². The van der Waals surface area contributed by atoms with Gasteiger partial charge in [-0.15, -0.1) is 0 Å². The second-order valence-corrected chi connectivity index (χ2v) is 9.79. The fraction of sp³-hybridized carbons (Fsp3) is 0.320. The molecule has 0 bridgehead atoms. The van der Waals surface area contributed by atoms with Gasteiger partial charge in [-0.05, 0) is 67.4 Å². The quantitative estimate of drug-likeness (QED) is 0.408. The number of imide groups is 1. The number of hydrogen-bond donors (Lipinski definition) is 0. The van der Waals surface area contributed by atoms with Crippen molar-refractivity contribution in [1.29, 1.82) is 0 Å². The molecule has 184 valence electrons. The minimum Gasteiger partial charge on any atom is -0.490 e. The first kappa shape index (κ1) is 25.4. The third-order valence-corrected chi connectivity index (χ3v) is 7.24. The Bertz CT molecular complexity index is 1160. The van der Waals surface area contributed by atoms with Crippen LogP contribution < -0.4 is 9.47 Å². The Balaban J connectivity index is 1.49. The molecule has 0 unspecified atom stereocenters. The van der Waals surface area contributed by atoms with Crippen LogP contribution in [0.5, 0.6) is 11.5 Å². The van der Waals surface area contributed by atoms with Crippen molar-refractivity contribution in [2.45, 2.75) is 26.4 Å². The van der Waals surface area contributed by atoms with Gasteiger partial charge >= 0.3 is 0 Å². The van der Waals surface area contributed by atoms with Crippen molar-refractivity contribution >= 4 is 58.1 Å². The molecule has 2 aromatic rings. The van der Waals surface area contributed by atoms with Crippen LogP contribution in [-0.4, -0.2) is 53.1 Å². The lowest BCUT2D eigenvalue weighted by atomic mass is 10.1. The predicted molar refractivity (Wildman–Crippen MR) is 137 cm³/mol. The number of likely N-dealkylation sites (tertiary alicyclic amines) is 1. The van der Waals surface area contributed by atoms with Crippen LogP contribution >= 0.6 is 35.0 Å². The van der Waals surface area contributed by atoms with Gasteiger partial charge in [-0.3, -0.25) is 19.3 Å². The molecular weight excluding hydrogens is 511 g/mol. The number of hydrogen-bond acceptors (Lipinski definition) is 6. The van der Waals surface area contributed by atoms with Gasteiger partial charge in [0.05, 0.1) is 11.5 Å². The molecule has 2 aliphatic heterocycles. The van der Waals surface area contributed by atoms with Gasteiger partial charge in [-0.2, -0.15) is 0 Å². The van der Waals surface area contributed by atoms with E-state index in [9.17, 15) is 14.4 Å². The highest BCUT2D eigenvalue weighted by Gasteiger charge is 2.37. The standard InChI is InChI=1S/C25H24Cl2N2O5S/c1-2-33-21-12-16(8-9-20(21)34-15-17-18(26)6-5-7-19(17)27)13-22-24(31)29(25(32)35-22)14-23(30)28-10-3-4-11-28/h5-9,12-13H,2-4,10-11,14-15H2,1H3/b22-13-. The number of halogens is 2. The topological polar surface area (TPSA) is 76.2 Å². The summed E-state index contributed by atoms with van der Waals surface area (Å²) in [7, 11) is 0. The molecule has 0 radical (unpaired) electrons. The third-order valence-electron chi connectivity index (χ3n) is 5.62. The maximum atomic E-state index is 12.8. The molecule has 0 spiro atoms. The smallest absolute Gasteiger partial charge is 0.294 e. The van der Waals surface area contributed by atoms with E-state index < -0.39 is 11.1 Å². The Morgan fingerprint density at radius 1 is 1.06 bits per heavy atom. The first-order chi connectivity index (χ1) is 16.9. The minimum absolute atomic E-state index is 0.155. The van der Waals surface area contributed by atoms with Crippen molar-refractivity contribution in [3.05, 3.63) is 62.5 Å². The molecule has 10 heteroatoms. The number of carbonyl (C=O) groups excluding carboxylic acids is 3.